The number of carbonyl (C=O) groups is 1. The van der Waals surface area contributed by atoms with Crippen molar-refractivity contribution in [1.29, 1.82) is 0 Å². The van der Waals surface area contributed by atoms with Crippen molar-refractivity contribution in [3.8, 4) is 0 Å². The molecule has 5 heteroatoms. The predicted molar refractivity (Wildman–Crippen MR) is 93.5 cm³/mol. The van der Waals surface area contributed by atoms with Gasteiger partial charge >= 0.3 is 5.97 Å². The van der Waals surface area contributed by atoms with Crippen LogP contribution >= 0.6 is 0 Å². The molecule has 2 rings (SSSR count). The third-order valence-corrected chi connectivity index (χ3v) is 4.77. The Balaban J connectivity index is 1.69. The normalized spacial score (nSPS) is 25.0. The molecule has 0 aliphatic heterocycles. The highest BCUT2D eigenvalue weighted by Gasteiger charge is 2.27. The lowest BCUT2D eigenvalue weighted by atomic mass is 9.86. The molecular formula is C18H33N3O2. The average Bonchev–Trinajstić information content (AvgIpc) is 3.37. The summed E-state index contributed by atoms with van der Waals surface area (Å²) in [5, 5.41) is 6.87. The number of rotatable bonds is 8. The van der Waals surface area contributed by atoms with Crippen molar-refractivity contribution >= 4 is 11.9 Å². The van der Waals surface area contributed by atoms with Crippen LogP contribution in [0.15, 0.2) is 4.99 Å². The Bertz CT molecular complexity index is 386. The molecule has 0 bridgehead atoms. The van der Waals surface area contributed by atoms with Crippen LogP contribution in [0.1, 0.15) is 65.2 Å². The van der Waals surface area contributed by atoms with Gasteiger partial charge in [0.05, 0.1) is 12.5 Å². The maximum atomic E-state index is 11.8. The number of aliphatic imine (C=N–C) groups is 1. The summed E-state index contributed by atoms with van der Waals surface area (Å²) in [6, 6.07) is 0.418. The van der Waals surface area contributed by atoms with Gasteiger partial charge in [0.2, 0.25) is 0 Å². The van der Waals surface area contributed by atoms with Crippen molar-refractivity contribution in [2.24, 2.45) is 16.8 Å². The maximum absolute atomic E-state index is 11.8. The molecule has 0 aromatic heterocycles. The molecule has 0 aromatic rings. The number of nitrogens with zero attached hydrogens (tertiary/aromatic N) is 1. The summed E-state index contributed by atoms with van der Waals surface area (Å²) in [4.78, 5) is 16.5. The van der Waals surface area contributed by atoms with E-state index < -0.39 is 0 Å². The van der Waals surface area contributed by atoms with Crippen LogP contribution in [0.25, 0.3) is 0 Å². The highest BCUT2D eigenvalue weighted by Crippen LogP contribution is 2.33. The molecule has 2 aliphatic rings. The second-order valence-electron chi connectivity index (χ2n) is 6.79. The lowest BCUT2D eigenvalue weighted by Gasteiger charge is -2.29. The highest BCUT2D eigenvalue weighted by atomic mass is 16.5. The molecule has 0 saturated heterocycles. The quantitative estimate of drug-likeness (QED) is 0.312. The summed E-state index contributed by atoms with van der Waals surface area (Å²) in [6.45, 7) is 6.23. The molecule has 0 radical (unpaired) electrons. The first-order chi connectivity index (χ1) is 11.2. The number of esters is 1. The lowest BCUT2D eigenvalue weighted by molar-refractivity contribution is -0.149. The minimum Gasteiger partial charge on any atom is -0.466 e. The standard InChI is InChI=1S/C18H33N3O2/c1-3-19-18(20-13-5-6-14-7-8-14)21-16-11-9-15(10-12-16)17(22)23-4-2/h14-16H,3-13H2,1-2H3,(H2,19,20,21). The molecule has 0 spiro atoms. The van der Waals surface area contributed by atoms with Crippen molar-refractivity contribution in [2.75, 3.05) is 19.7 Å². The van der Waals surface area contributed by atoms with E-state index in [1.165, 1.54) is 25.7 Å². The van der Waals surface area contributed by atoms with Crippen molar-refractivity contribution < 1.29 is 9.53 Å². The summed E-state index contributed by atoms with van der Waals surface area (Å²) >= 11 is 0. The smallest absolute Gasteiger partial charge is 0.308 e. The average molecular weight is 323 g/mol. The highest BCUT2D eigenvalue weighted by molar-refractivity contribution is 5.80. The second-order valence-corrected chi connectivity index (χ2v) is 6.79. The molecule has 0 amide bonds. The minimum atomic E-state index is -0.0217. The zero-order chi connectivity index (χ0) is 16.5. The fraction of sp³-hybridized carbons (Fsp3) is 0.889. The Morgan fingerprint density at radius 2 is 1.87 bits per heavy atom. The van der Waals surface area contributed by atoms with Crippen molar-refractivity contribution in [2.45, 2.75) is 71.3 Å². The van der Waals surface area contributed by atoms with Gasteiger partial charge in [-0.15, -0.1) is 0 Å². The third kappa shape index (κ3) is 6.80. The van der Waals surface area contributed by atoms with Crippen molar-refractivity contribution in [1.82, 2.24) is 10.6 Å². The first kappa shape index (κ1) is 18.1. The fourth-order valence-corrected chi connectivity index (χ4v) is 3.22. The first-order valence-corrected chi connectivity index (χ1v) is 9.44. The number of nitrogens with one attached hydrogen (secondary N) is 2. The van der Waals surface area contributed by atoms with Gasteiger partial charge in [-0.3, -0.25) is 9.79 Å². The molecule has 5 nitrogen and oxygen atoms in total. The largest absolute Gasteiger partial charge is 0.466 e. The van der Waals surface area contributed by atoms with Crippen LogP contribution in [-0.2, 0) is 9.53 Å². The van der Waals surface area contributed by atoms with Crippen LogP contribution in [0.2, 0.25) is 0 Å². The zero-order valence-corrected chi connectivity index (χ0v) is 14.8. The van der Waals surface area contributed by atoms with Crippen LogP contribution in [0.5, 0.6) is 0 Å². The minimum absolute atomic E-state index is 0.0217. The van der Waals surface area contributed by atoms with E-state index >= 15 is 0 Å². The molecule has 0 unspecified atom stereocenters. The first-order valence-electron chi connectivity index (χ1n) is 9.44. The zero-order valence-electron chi connectivity index (χ0n) is 14.8. The third-order valence-electron chi connectivity index (χ3n) is 4.77. The summed E-state index contributed by atoms with van der Waals surface area (Å²) in [6.07, 6.45) is 9.21. The molecular weight excluding hydrogens is 290 g/mol. The molecule has 2 aliphatic carbocycles. The van der Waals surface area contributed by atoms with Gasteiger partial charge in [0.25, 0.3) is 0 Å². The van der Waals surface area contributed by atoms with E-state index in [1.807, 2.05) is 6.92 Å². The van der Waals surface area contributed by atoms with Gasteiger partial charge in [0, 0.05) is 19.1 Å². The van der Waals surface area contributed by atoms with Gasteiger partial charge in [0.1, 0.15) is 0 Å². The van der Waals surface area contributed by atoms with E-state index in [1.54, 1.807) is 0 Å². The Kier molecular flexibility index (Phi) is 7.69. The number of hydrogen-bond donors (Lipinski definition) is 2. The number of carbonyl (C=O) groups excluding carboxylic acids is 1. The van der Waals surface area contributed by atoms with E-state index in [0.29, 0.717) is 12.6 Å². The Morgan fingerprint density at radius 3 is 2.48 bits per heavy atom. The van der Waals surface area contributed by atoms with E-state index in [9.17, 15) is 4.79 Å². The van der Waals surface area contributed by atoms with Crippen LogP contribution in [0.3, 0.4) is 0 Å². The van der Waals surface area contributed by atoms with Gasteiger partial charge in [-0.05, 0) is 58.3 Å². The van der Waals surface area contributed by atoms with Gasteiger partial charge in [-0.1, -0.05) is 12.8 Å². The summed E-state index contributed by atoms with van der Waals surface area (Å²) in [5.74, 6) is 1.99. The van der Waals surface area contributed by atoms with E-state index in [4.69, 9.17) is 9.73 Å². The number of guanidine groups is 1. The molecule has 132 valence electrons. The van der Waals surface area contributed by atoms with Crippen molar-refractivity contribution in [3.05, 3.63) is 0 Å². The summed E-state index contributed by atoms with van der Waals surface area (Å²) in [5.41, 5.74) is 0. The SMILES string of the molecule is CCNC(=NCCCC1CC1)NC1CCC(C(=O)OCC)CC1. The topological polar surface area (TPSA) is 62.7 Å². The van der Waals surface area contributed by atoms with Gasteiger partial charge in [-0.25, -0.2) is 0 Å². The molecule has 2 N–H and O–H groups in total. The van der Waals surface area contributed by atoms with E-state index in [2.05, 4.69) is 17.6 Å². The van der Waals surface area contributed by atoms with Gasteiger partial charge < -0.3 is 15.4 Å². The predicted octanol–water partition coefficient (Wildman–Crippen LogP) is 2.85. The van der Waals surface area contributed by atoms with Gasteiger partial charge in [0.15, 0.2) is 5.96 Å². The molecule has 2 fully saturated rings. The summed E-state index contributed by atoms with van der Waals surface area (Å²) < 4.78 is 5.13. The molecule has 0 aromatic carbocycles. The van der Waals surface area contributed by atoms with E-state index in [0.717, 1.165) is 50.7 Å². The number of ether oxygens (including phenoxy) is 1. The van der Waals surface area contributed by atoms with Gasteiger partial charge in [-0.2, -0.15) is 0 Å². The fourth-order valence-electron chi connectivity index (χ4n) is 3.22. The number of hydrogen-bond acceptors (Lipinski definition) is 3. The Morgan fingerprint density at radius 1 is 1.13 bits per heavy atom. The van der Waals surface area contributed by atoms with Crippen LogP contribution in [-0.4, -0.2) is 37.7 Å². The van der Waals surface area contributed by atoms with Crippen LogP contribution < -0.4 is 10.6 Å². The second kappa shape index (κ2) is 9.78. The maximum Gasteiger partial charge on any atom is 0.308 e. The Hall–Kier alpha value is -1.26. The summed E-state index contributed by atoms with van der Waals surface area (Å²) in [7, 11) is 0. The van der Waals surface area contributed by atoms with Crippen molar-refractivity contribution in [3.63, 3.8) is 0 Å². The van der Waals surface area contributed by atoms with Crippen LogP contribution in [0.4, 0.5) is 0 Å². The van der Waals surface area contributed by atoms with E-state index in [-0.39, 0.29) is 11.9 Å². The molecule has 0 atom stereocenters. The monoisotopic (exact) mass is 323 g/mol. The molecule has 0 heterocycles. The molecule has 23 heavy (non-hydrogen) atoms. The molecule has 2 saturated carbocycles. The van der Waals surface area contributed by atoms with Crippen LogP contribution in [0, 0.1) is 11.8 Å². The lowest BCUT2D eigenvalue weighted by Crippen LogP contribution is -2.45. The Labute approximate surface area is 140 Å².